The van der Waals surface area contributed by atoms with Gasteiger partial charge >= 0.3 is 0 Å². The monoisotopic (exact) mass is 338 g/mol. The van der Waals surface area contributed by atoms with Crippen LogP contribution in [0.25, 0.3) is 0 Å². The average Bonchev–Trinajstić information content (AvgIpc) is 2.73. The van der Waals surface area contributed by atoms with E-state index in [1.807, 2.05) is 11.8 Å². The molecule has 2 heterocycles. The van der Waals surface area contributed by atoms with Crippen LogP contribution < -0.4 is 4.90 Å². The van der Waals surface area contributed by atoms with Crippen molar-refractivity contribution in [1.29, 1.82) is 0 Å². The summed E-state index contributed by atoms with van der Waals surface area (Å²) in [5, 5.41) is 0.518. The van der Waals surface area contributed by atoms with Crippen LogP contribution in [0.15, 0.2) is 28.9 Å². The fraction of sp³-hybridized carbons (Fsp3) is 0.375. The summed E-state index contributed by atoms with van der Waals surface area (Å²) < 4.78 is 0. The molecule has 2 aliphatic heterocycles. The Morgan fingerprint density at radius 3 is 2.32 bits per heavy atom. The molecule has 116 valence electrons. The van der Waals surface area contributed by atoms with Crippen LogP contribution in [0.2, 0.25) is 5.02 Å². The Kier molecular flexibility index (Phi) is 4.15. The van der Waals surface area contributed by atoms with Crippen LogP contribution in [0.4, 0.5) is 5.69 Å². The number of aryl methyl sites for hydroxylation is 1. The molecule has 0 saturated carbocycles. The van der Waals surface area contributed by atoms with Crippen molar-refractivity contribution in [1.82, 2.24) is 4.90 Å². The molecule has 0 spiro atoms. The lowest BCUT2D eigenvalue weighted by Crippen LogP contribution is -2.37. The van der Waals surface area contributed by atoms with Gasteiger partial charge in [-0.1, -0.05) is 29.3 Å². The van der Waals surface area contributed by atoms with Crippen LogP contribution in [-0.4, -0.2) is 29.8 Å². The summed E-state index contributed by atoms with van der Waals surface area (Å²) in [6.07, 6.45) is 3.15. The Labute approximate surface area is 139 Å². The third-order valence-corrected chi connectivity index (χ3v) is 4.84. The Balaban J connectivity index is 1.94. The Hall–Kier alpha value is -1.52. The normalized spacial score (nSPS) is 19.4. The van der Waals surface area contributed by atoms with Gasteiger partial charge in [0.2, 0.25) is 0 Å². The number of rotatable bonds is 2. The molecule has 0 unspecified atom stereocenters. The molecule has 2 aliphatic rings. The fourth-order valence-electron chi connectivity index (χ4n) is 2.84. The SMILES string of the molecule is Cc1ccc(N2C(=O)C(Cl)=C(N3CCCCC3)C2=O)cc1Cl. The van der Waals surface area contributed by atoms with Gasteiger partial charge in [0.15, 0.2) is 0 Å². The smallest absolute Gasteiger partial charge is 0.283 e. The van der Waals surface area contributed by atoms with Crippen molar-refractivity contribution in [2.75, 3.05) is 18.0 Å². The van der Waals surface area contributed by atoms with Gasteiger partial charge in [-0.15, -0.1) is 0 Å². The number of amides is 2. The zero-order chi connectivity index (χ0) is 15.9. The van der Waals surface area contributed by atoms with Crippen LogP contribution in [-0.2, 0) is 9.59 Å². The molecule has 0 bridgehead atoms. The van der Waals surface area contributed by atoms with Gasteiger partial charge in [-0.3, -0.25) is 9.59 Å². The maximum absolute atomic E-state index is 12.7. The van der Waals surface area contributed by atoms with Crippen LogP contribution in [0.3, 0.4) is 0 Å². The van der Waals surface area contributed by atoms with Gasteiger partial charge in [0.1, 0.15) is 10.7 Å². The molecule has 1 aromatic rings. The van der Waals surface area contributed by atoms with Crippen molar-refractivity contribution in [2.45, 2.75) is 26.2 Å². The molecule has 0 atom stereocenters. The molecule has 0 aromatic heterocycles. The first-order chi connectivity index (χ1) is 10.5. The van der Waals surface area contributed by atoms with Crippen LogP contribution >= 0.6 is 23.2 Å². The number of anilines is 1. The second-order valence-electron chi connectivity index (χ2n) is 5.59. The second kappa shape index (κ2) is 5.94. The van der Waals surface area contributed by atoms with Crippen LogP contribution in [0.5, 0.6) is 0 Å². The maximum Gasteiger partial charge on any atom is 0.283 e. The van der Waals surface area contributed by atoms with E-state index in [0.29, 0.717) is 16.4 Å². The summed E-state index contributed by atoms with van der Waals surface area (Å²) >= 11 is 12.3. The van der Waals surface area contributed by atoms with E-state index in [2.05, 4.69) is 0 Å². The molecule has 1 aromatic carbocycles. The Bertz CT molecular complexity index is 679. The number of nitrogens with zero attached hydrogens (tertiary/aromatic N) is 2. The van der Waals surface area contributed by atoms with E-state index in [4.69, 9.17) is 23.2 Å². The number of imide groups is 1. The highest BCUT2D eigenvalue weighted by atomic mass is 35.5. The Morgan fingerprint density at radius 2 is 1.68 bits per heavy atom. The lowest BCUT2D eigenvalue weighted by Gasteiger charge is -2.29. The highest BCUT2D eigenvalue weighted by Gasteiger charge is 2.41. The molecule has 6 heteroatoms. The number of carbonyl (C=O) groups excluding carboxylic acids is 2. The number of hydrogen-bond donors (Lipinski definition) is 0. The predicted molar refractivity (Wildman–Crippen MR) is 87.0 cm³/mol. The molecule has 1 saturated heterocycles. The summed E-state index contributed by atoms with van der Waals surface area (Å²) in [5.74, 6) is -0.844. The van der Waals surface area contributed by atoms with E-state index in [1.54, 1.807) is 18.2 Å². The summed E-state index contributed by atoms with van der Waals surface area (Å²) in [6.45, 7) is 3.38. The lowest BCUT2D eigenvalue weighted by atomic mass is 10.1. The zero-order valence-corrected chi connectivity index (χ0v) is 13.7. The zero-order valence-electron chi connectivity index (χ0n) is 12.2. The van der Waals surface area contributed by atoms with Gasteiger partial charge in [0, 0.05) is 18.1 Å². The lowest BCUT2D eigenvalue weighted by molar-refractivity contribution is -0.121. The minimum absolute atomic E-state index is 0.00333. The topological polar surface area (TPSA) is 40.6 Å². The number of piperidine rings is 1. The minimum atomic E-state index is -0.479. The van der Waals surface area contributed by atoms with Gasteiger partial charge in [0.25, 0.3) is 11.8 Å². The largest absolute Gasteiger partial charge is 0.366 e. The van der Waals surface area contributed by atoms with Crippen LogP contribution in [0, 0.1) is 6.92 Å². The number of carbonyl (C=O) groups is 2. The second-order valence-corrected chi connectivity index (χ2v) is 6.37. The molecule has 4 nitrogen and oxygen atoms in total. The van der Waals surface area contributed by atoms with Crippen molar-refractivity contribution in [3.8, 4) is 0 Å². The van der Waals surface area contributed by atoms with Gasteiger partial charge in [-0.05, 0) is 43.9 Å². The van der Waals surface area contributed by atoms with Gasteiger partial charge < -0.3 is 4.90 Å². The quantitative estimate of drug-likeness (QED) is 0.775. The first-order valence-corrected chi connectivity index (χ1v) is 8.06. The Morgan fingerprint density at radius 1 is 1.00 bits per heavy atom. The highest BCUT2D eigenvalue weighted by molar-refractivity contribution is 6.52. The van der Waals surface area contributed by atoms with Crippen molar-refractivity contribution in [3.05, 3.63) is 39.5 Å². The van der Waals surface area contributed by atoms with E-state index in [-0.39, 0.29) is 10.9 Å². The first-order valence-electron chi connectivity index (χ1n) is 7.30. The number of likely N-dealkylation sites (tertiary alicyclic amines) is 1. The van der Waals surface area contributed by atoms with Crippen molar-refractivity contribution < 1.29 is 9.59 Å². The molecule has 3 rings (SSSR count). The van der Waals surface area contributed by atoms with E-state index in [0.717, 1.165) is 42.8 Å². The summed E-state index contributed by atoms with van der Waals surface area (Å²) in [6, 6.07) is 5.11. The first kappa shape index (κ1) is 15.4. The molecule has 22 heavy (non-hydrogen) atoms. The fourth-order valence-corrected chi connectivity index (χ4v) is 3.30. The number of halogens is 2. The third kappa shape index (κ3) is 2.50. The average molecular weight is 339 g/mol. The van der Waals surface area contributed by atoms with Crippen molar-refractivity contribution in [2.24, 2.45) is 0 Å². The molecule has 2 amide bonds. The van der Waals surface area contributed by atoms with E-state index in [1.165, 1.54) is 0 Å². The number of benzene rings is 1. The standard InChI is InChI=1S/C16H16Cl2N2O2/c1-10-5-6-11(9-12(10)17)20-15(21)13(18)14(16(20)22)19-7-3-2-4-8-19/h5-6,9H,2-4,7-8H2,1H3. The van der Waals surface area contributed by atoms with E-state index in [9.17, 15) is 9.59 Å². The molecule has 0 N–H and O–H groups in total. The molecular weight excluding hydrogens is 323 g/mol. The van der Waals surface area contributed by atoms with Crippen molar-refractivity contribution >= 4 is 40.7 Å². The van der Waals surface area contributed by atoms with Crippen molar-refractivity contribution in [3.63, 3.8) is 0 Å². The summed E-state index contributed by atoms with van der Waals surface area (Å²) in [5.41, 5.74) is 1.67. The van der Waals surface area contributed by atoms with E-state index >= 15 is 0 Å². The van der Waals surface area contributed by atoms with Gasteiger partial charge in [-0.25, -0.2) is 4.90 Å². The molecule has 1 fully saturated rings. The number of hydrogen-bond acceptors (Lipinski definition) is 3. The molecular formula is C16H16Cl2N2O2. The minimum Gasteiger partial charge on any atom is -0.366 e. The predicted octanol–water partition coefficient (Wildman–Crippen LogP) is 3.46. The van der Waals surface area contributed by atoms with Crippen LogP contribution in [0.1, 0.15) is 24.8 Å². The summed E-state index contributed by atoms with van der Waals surface area (Å²) in [4.78, 5) is 28.1. The van der Waals surface area contributed by atoms with E-state index < -0.39 is 5.91 Å². The maximum atomic E-state index is 12.7. The summed E-state index contributed by atoms with van der Waals surface area (Å²) in [7, 11) is 0. The highest BCUT2D eigenvalue weighted by Crippen LogP contribution is 2.33. The van der Waals surface area contributed by atoms with Gasteiger partial charge in [0.05, 0.1) is 5.69 Å². The molecule has 0 radical (unpaired) electrons. The third-order valence-electron chi connectivity index (χ3n) is 4.09. The van der Waals surface area contributed by atoms with Gasteiger partial charge in [-0.2, -0.15) is 0 Å². The molecule has 0 aliphatic carbocycles.